The standard InChI is InChI=1S/C23H25NO3/c25-22(24-20-11-9-16(10-12-20)23(26)27)19-13-17-7-3-1-5-15-6-2-4-8-18(14-19)21(15)17/h9-15H,1-8H2,(H,24,25)(H,26,27). The van der Waals surface area contributed by atoms with E-state index >= 15 is 0 Å². The molecule has 2 N–H and O–H groups in total. The Balaban J connectivity index is 1.62. The number of aryl methyl sites for hydroxylation is 2. The highest BCUT2D eigenvalue weighted by Crippen LogP contribution is 2.40. The molecule has 0 bridgehead atoms. The predicted octanol–water partition coefficient (Wildman–Crippen LogP) is 5.17. The van der Waals surface area contributed by atoms with E-state index in [0.29, 0.717) is 17.2 Å². The molecule has 0 aromatic heterocycles. The second-order valence-corrected chi connectivity index (χ2v) is 7.73. The lowest BCUT2D eigenvalue weighted by molar-refractivity contribution is 0.0696. The van der Waals surface area contributed by atoms with E-state index in [-0.39, 0.29) is 11.5 Å². The maximum Gasteiger partial charge on any atom is 0.335 e. The summed E-state index contributed by atoms with van der Waals surface area (Å²) in [6, 6.07) is 10.5. The van der Waals surface area contributed by atoms with Gasteiger partial charge < -0.3 is 10.4 Å². The summed E-state index contributed by atoms with van der Waals surface area (Å²) in [4.78, 5) is 23.8. The molecule has 0 unspecified atom stereocenters. The van der Waals surface area contributed by atoms with Gasteiger partial charge in [-0.15, -0.1) is 0 Å². The van der Waals surface area contributed by atoms with Crippen molar-refractivity contribution in [2.24, 2.45) is 0 Å². The summed E-state index contributed by atoms with van der Waals surface area (Å²) in [5.74, 6) is -0.425. The Kier molecular flexibility index (Phi) is 4.97. The molecular formula is C23H25NO3. The Morgan fingerprint density at radius 1 is 0.852 bits per heavy atom. The van der Waals surface area contributed by atoms with Crippen LogP contribution in [-0.2, 0) is 12.8 Å². The van der Waals surface area contributed by atoms with Gasteiger partial charge in [-0.1, -0.05) is 12.8 Å². The largest absolute Gasteiger partial charge is 0.478 e. The fourth-order valence-corrected chi connectivity index (χ4v) is 4.59. The van der Waals surface area contributed by atoms with Crippen molar-refractivity contribution < 1.29 is 14.7 Å². The predicted molar refractivity (Wildman–Crippen MR) is 106 cm³/mol. The van der Waals surface area contributed by atoms with Gasteiger partial charge in [0.2, 0.25) is 0 Å². The zero-order valence-corrected chi connectivity index (χ0v) is 15.5. The summed E-state index contributed by atoms with van der Waals surface area (Å²) in [7, 11) is 0. The van der Waals surface area contributed by atoms with Crippen LogP contribution < -0.4 is 5.32 Å². The molecule has 2 aliphatic carbocycles. The topological polar surface area (TPSA) is 66.4 Å². The Bertz CT molecular complexity index is 837. The lowest BCUT2D eigenvalue weighted by atomic mass is 9.86. The van der Waals surface area contributed by atoms with Gasteiger partial charge in [-0.3, -0.25) is 4.79 Å². The van der Waals surface area contributed by atoms with Crippen LogP contribution in [0.3, 0.4) is 0 Å². The molecule has 27 heavy (non-hydrogen) atoms. The van der Waals surface area contributed by atoms with Crippen molar-refractivity contribution in [3.05, 3.63) is 64.2 Å². The van der Waals surface area contributed by atoms with Crippen LogP contribution in [0.5, 0.6) is 0 Å². The van der Waals surface area contributed by atoms with Crippen LogP contribution >= 0.6 is 0 Å². The van der Waals surface area contributed by atoms with Gasteiger partial charge in [-0.2, -0.15) is 0 Å². The van der Waals surface area contributed by atoms with Crippen LogP contribution in [0.25, 0.3) is 0 Å². The molecule has 2 aromatic rings. The number of hydrogen-bond acceptors (Lipinski definition) is 2. The van der Waals surface area contributed by atoms with Crippen molar-refractivity contribution >= 4 is 17.6 Å². The van der Waals surface area contributed by atoms with Gasteiger partial charge >= 0.3 is 5.97 Å². The summed E-state index contributed by atoms with van der Waals surface area (Å²) in [6.07, 6.45) is 9.63. The van der Waals surface area contributed by atoms with E-state index in [1.54, 1.807) is 12.1 Å². The first-order valence-electron chi connectivity index (χ1n) is 9.92. The first-order chi connectivity index (χ1) is 13.1. The number of amides is 1. The zero-order chi connectivity index (χ0) is 18.8. The van der Waals surface area contributed by atoms with Crippen molar-refractivity contribution in [2.45, 2.75) is 57.3 Å². The number of rotatable bonds is 3. The molecule has 0 saturated heterocycles. The van der Waals surface area contributed by atoms with E-state index in [0.717, 1.165) is 12.8 Å². The number of carbonyl (C=O) groups excluding carboxylic acids is 1. The molecule has 1 amide bonds. The summed E-state index contributed by atoms with van der Waals surface area (Å²) in [6.45, 7) is 0. The number of nitrogens with one attached hydrogen (secondary N) is 1. The first-order valence-corrected chi connectivity index (χ1v) is 9.92. The summed E-state index contributed by atoms with van der Waals surface area (Å²) in [5.41, 5.74) is 5.81. The minimum absolute atomic E-state index is 0.123. The van der Waals surface area contributed by atoms with Crippen LogP contribution in [0.15, 0.2) is 36.4 Å². The molecule has 0 spiro atoms. The summed E-state index contributed by atoms with van der Waals surface area (Å²) >= 11 is 0. The Morgan fingerprint density at radius 3 is 2.00 bits per heavy atom. The van der Waals surface area contributed by atoms with Gasteiger partial charge in [0.25, 0.3) is 5.91 Å². The van der Waals surface area contributed by atoms with Crippen molar-refractivity contribution in [3.63, 3.8) is 0 Å². The molecule has 0 atom stereocenters. The molecule has 140 valence electrons. The average Bonchev–Trinajstić information content (AvgIpc) is 3.00. The van der Waals surface area contributed by atoms with Gasteiger partial charge in [0.15, 0.2) is 0 Å². The van der Waals surface area contributed by atoms with E-state index in [4.69, 9.17) is 5.11 Å². The molecule has 4 nitrogen and oxygen atoms in total. The SMILES string of the molecule is O=C(O)c1ccc(NC(=O)c2cc3c4c(c2)CCCCC4CCCC3)cc1. The fourth-order valence-electron chi connectivity index (χ4n) is 4.59. The second-order valence-electron chi connectivity index (χ2n) is 7.73. The minimum atomic E-state index is -0.969. The lowest BCUT2D eigenvalue weighted by Crippen LogP contribution is -2.14. The monoisotopic (exact) mass is 363 g/mol. The smallest absolute Gasteiger partial charge is 0.335 e. The molecule has 0 aliphatic heterocycles. The lowest BCUT2D eigenvalue weighted by Gasteiger charge is -2.20. The molecular weight excluding hydrogens is 338 g/mol. The third kappa shape index (κ3) is 3.75. The molecule has 0 radical (unpaired) electrons. The third-order valence-corrected chi connectivity index (χ3v) is 5.91. The molecule has 2 aromatic carbocycles. The summed E-state index contributed by atoms with van der Waals surface area (Å²) < 4.78 is 0. The molecule has 4 heteroatoms. The Morgan fingerprint density at radius 2 is 1.44 bits per heavy atom. The molecule has 4 rings (SSSR count). The Hall–Kier alpha value is -2.62. The summed E-state index contributed by atoms with van der Waals surface area (Å²) in [5, 5.41) is 11.9. The number of carbonyl (C=O) groups is 2. The highest BCUT2D eigenvalue weighted by molar-refractivity contribution is 6.04. The van der Waals surface area contributed by atoms with Crippen molar-refractivity contribution in [2.75, 3.05) is 5.32 Å². The molecule has 0 saturated carbocycles. The highest BCUT2D eigenvalue weighted by atomic mass is 16.4. The normalized spacial score (nSPS) is 16.7. The van der Waals surface area contributed by atoms with Crippen molar-refractivity contribution in [3.8, 4) is 0 Å². The van der Waals surface area contributed by atoms with Crippen LogP contribution in [0.2, 0.25) is 0 Å². The zero-order valence-electron chi connectivity index (χ0n) is 15.5. The maximum atomic E-state index is 12.8. The molecule has 0 heterocycles. The average molecular weight is 363 g/mol. The number of benzene rings is 2. The number of carboxylic acids is 1. The van der Waals surface area contributed by atoms with Crippen molar-refractivity contribution in [1.82, 2.24) is 0 Å². The molecule has 2 aliphatic rings. The van der Waals surface area contributed by atoms with Crippen LogP contribution in [0, 0.1) is 0 Å². The van der Waals surface area contributed by atoms with E-state index in [2.05, 4.69) is 17.4 Å². The van der Waals surface area contributed by atoms with Crippen molar-refractivity contribution in [1.29, 1.82) is 0 Å². The fraction of sp³-hybridized carbons (Fsp3) is 0.391. The van der Waals surface area contributed by atoms with Gasteiger partial charge in [0, 0.05) is 11.3 Å². The van der Waals surface area contributed by atoms with Crippen LogP contribution in [0.1, 0.15) is 81.8 Å². The van der Waals surface area contributed by atoms with Gasteiger partial charge in [-0.05, 0) is 97.5 Å². The maximum absolute atomic E-state index is 12.8. The van der Waals surface area contributed by atoms with Gasteiger partial charge in [0.05, 0.1) is 5.56 Å². The highest BCUT2D eigenvalue weighted by Gasteiger charge is 2.25. The first kappa shape index (κ1) is 17.8. The van der Waals surface area contributed by atoms with E-state index in [1.165, 1.54) is 67.3 Å². The van der Waals surface area contributed by atoms with E-state index < -0.39 is 5.97 Å². The third-order valence-electron chi connectivity index (χ3n) is 5.91. The van der Waals surface area contributed by atoms with E-state index in [1.807, 2.05) is 0 Å². The van der Waals surface area contributed by atoms with E-state index in [9.17, 15) is 9.59 Å². The number of aromatic carboxylic acids is 1. The van der Waals surface area contributed by atoms with Gasteiger partial charge in [0.1, 0.15) is 0 Å². The second kappa shape index (κ2) is 7.55. The Labute approximate surface area is 159 Å². The van der Waals surface area contributed by atoms with Crippen LogP contribution in [0.4, 0.5) is 5.69 Å². The van der Waals surface area contributed by atoms with Crippen LogP contribution in [-0.4, -0.2) is 17.0 Å². The number of carboxylic acid groups (broad SMARTS) is 1. The van der Waals surface area contributed by atoms with Gasteiger partial charge in [-0.25, -0.2) is 4.79 Å². The quantitative estimate of drug-likeness (QED) is 0.790. The minimum Gasteiger partial charge on any atom is -0.478 e. The number of hydrogen-bond donors (Lipinski definition) is 2. The molecule has 0 fully saturated rings. The number of anilines is 1.